The fourth-order valence-corrected chi connectivity index (χ4v) is 3.20. The van der Waals surface area contributed by atoms with Crippen LogP contribution in [0, 0.1) is 6.92 Å². The summed E-state index contributed by atoms with van der Waals surface area (Å²) in [4.78, 5) is 16.6. The zero-order valence-electron chi connectivity index (χ0n) is 14.6. The van der Waals surface area contributed by atoms with E-state index in [1.165, 1.54) is 5.56 Å². The van der Waals surface area contributed by atoms with Gasteiger partial charge in [-0.25, -0.2) is 0 Å². The monoisotopic (exact) mass is 340 g/mol. The molecule has 1 heterocycles. The number of hydrogen-bond acceptors (Lipinski definition) is 2. The number of carbonyl (C=O) groups is 1. The van der Waals surface area contributed by atoms with Crippen LogP contribution in [0.2, 0.25) is 0 Å². The van der Waals surface area contributed by atoms with E-state index in [1.54, 1.807) is 0 Å². The lowest BCUT2D eigenvalue weighted by molar-refractivity contribution is 0.0970. The number of aromatic nitrogens is 1. The number of rotatable bonds is 5. The van der Waals surface area contributed by atoms with Gasteiger partial charge in [-0.3, -0.25) is 4.79 Å². The molecule has 0 aliphatic carbocycles. The lowest BCUT2D eigenvalue weighted by Crippen LogP contribution is -2.21. The molecule has 3 aromatic carbocycles. The van der Waals surface area contributed by atoms with Crippen LogP contribution in [0.25, 0.3) is 10.9 Å². The molecule has 0 amide bonds. The highest BCUT2D eigenvalue weighted by Gasteiger charge is 2.24. The Hall–Kier alpha value is -3.33. The van der Waals surface area contributed by atoms with Gasteiger partial charge in [-0.05, 0) is 25.1 Å². The van der Waals surface area contributed by atoms with Gasteiger partial charge in [-0.15, -0.1) is 0 Å². The average Bonchev–Trinajstić information content (AvgIpc) is 3.12. The number of fused-ring (bicyclic) bond motifs is 1. The molecular formula is C23H20N2O. The van der Waals surface area contributed by atoms with Gasteiger partial charge in [0.05, 0.1) is 0 Å². The first-order valence-electron chi connectivity index (χ1n) is 8.71. The van der Waals surface area contributed by atoms with E-state index < -0.39 is 6.04 Å². The third-order valence-corrected chi connectivity index (χ3v) is 4.62. The molecule has 0 saturated carbocycles. The van der Waals surface area contributed by atoms with Crippen molar-refractivity contribution in [1.29, 1.82) is 0 Å². The molecule has 0 spiro atoms. The van der Waals surface area contributed by atoms with E-state index in [9.17, 15) is 4.79 Å². The van der Waals surface area contributed by atoms with Gasteiger partial charge in [-0.1, -0.05) is 66.2 Å². The summed E-state index contributed by atoms with van der Waals surface area (Å²) in [7, 11) is 0. The van der Waals surface area contributed by atoms with Gasteiger partial charge in [0.2, 0.25) is 0 Å². The SMILES string of the molecule is Cc1ccc(NC(C(=O)c2ccccc2)c2c[nH]c3ccccc23)cc1. The minimum atomic E-state index is -0.462. The normalized spacial score (nSPS) is 12.0. The third kappa shape index (κ3) is 3.11. The van der Waals surface area contributed by atoms with Crippen LogP contribution in [-0.2, 0) is 0 Å². The molecule has 0 radical (unpaired) electrons. The van der Waals surface area contributed by atoms with Crippen molar-refractivity contribution in [3.63, 3.8) is 0 Å². The fraction of sp³-hybridized carbons (Fsp3) is 0.0870. The van der Waals surface area contributed by atoms with E-state index in [0.717, 1.165) is 22.2 Å². The van der Waals surface area contributed by atoms with Crippen LogP contribution < -0.4 is 5.32 Å². The summed E-state index contributed by atoms with van der Waals surface area (Å²) in [6.07, 6.45) is 1.93. The number of nitrogens with one attached hydrogen (secondary N) is 2. The molecule has 2 N–H and O–H groups in total. The van der Waals surface area contributed by atoms with Gasteiger partial charge in [0.1, 0.15) is 6.04 Å². The minimum Gasteiger partial charge on any atom is -0.371 e. The maximum atomic E-state index is 13.3. The molecule has 0 bridgehead atoms. The zero-order valence-corrected chi connectivity index (χ0v) is 14.6. The van der Waals surface area contributed by atoms with E-state index in [-0.39, 0.29) is 5.78 Å². The van der Waals surface area contributed by atoms with Crippen molar-refractivity contribution in [2.75, 3.05) is 5.32 Å². The second-order valence-corrected chi connectivity index (χ2v) is 6.46. The Morgan fingerprint density at radius 3 is 2.35 bits per heavy atom. The maximum absolute atomic E-state index is 13.3. The number of ketones is 1. The Morgan fingerprint density at radius 2 is 1.58 bits per heavy atom. The Balaban J connectivity index is 1.78. The molecule has 3 heteroatoms. The number of aryl methyl sites for hydroxylation is 1. The Morgan fingerprint density at radius 1 is 0.885 bits per heavy atom. The van der Waals surface area contributed by atoms with E-state index in [4.69, 9.17) is 0 Å². The minimum absolute atomic E-state index is 0.0518. The standard InChI is InChI=1S/C23H20N2O/c1-16-11-13-18(14-12-16)25-22(23(26)17-7-3-2-4-8-17)20-15-24-21-10-6-5-9-19(20)21/h2-15,22,24-25H,1H3. The summed E-state index contributed by atoms with van der Waals surface area (Å²) < 4.78 is 0. The number of H-pyrrole nitrogens is 1. The number of aromatic amines is 1. The summed E-state index contributed by atoms with van der Waals surface area (Å²) >= 11 is 0. The number of hydrogen-bond donors (Lipinski definition) is 2. The second kappa shape index (κ2) is 6.89. The predicted molar refractivity (Wildman–Crippen MR) is 107 cm³/mol. The smallest absolute Gasteiger partial charge is 0.189 e. The van der Waals surface area contributed by atoms with Crippen molar-refractivity contribution in [3.05, 3.63) is 102 Å². The van der Waals surface area contributed by atoms with E-state index >= 15 is 0 Å². The maximum Gasteiger partial charge on any atom is 0.189 e. The van der Waals surface area contributed by atoms with E-state index in [0.29, 0.717) is 5.56 Å². The fourth-order valence-electron chi connectivity index (χ4n) is 3.20. The lowest BCUT2D eigenvalue weighted by Gasteiger charge is -2.19. The first-order valence-corrected chi connectivity index (χ1v) is 8.71. The average molecular weight is 340 g/mol. The van der Waals surface area contributed by atoms with Gasteiger partial charge in [0, 0.05) is 33.9 Å². The summed E-state index contributed by atoms with van der Waals surface area (Å²) in [6, 6.07) is 25.1. The van der Waals surface area contributed by atoms with Crippen LogP contribution >= 0.6 is 0 Å². The van der Waals surface area contributed by atoms with Gasteiger partial charge in [-0.2, -0.15) is 0 Å². The molecule has 3 nitrogen and oxygen atoms in total. The van der Waals surface area contributed by atoms with Gasteiger partial charge < -0.3 is 10.3 Å². The van der Waals surface area contributed by atoms with Gasteiger partial charge in [0.25, 0.3) is 0 Å². The number of benzene rings is 3. The highest BCUT2D eigenvalue weighted by molar-refractivity contribution is 6.04. The molecule has 1 atom stereocenters. The van der Waals surface area contributed by atoms with Crippen LogP contribution in [0.4, 0.5) is 5.69 Å². The van der Waals surface area contributed by atoms with Crippen LogP contribution in [0.1, 0.15) is 27.5 Å². The van der Waals surface area contributed by atoms with Crippen molar-refractivity contribution >= 4 is 22.4 Å². The van der Waals surface area contributed by atoms with Crippen molar-refractivity contribution in [2.45, 2.75) is 13.0 Å². The largest absolute Gasteiger partial charge is 0.371 e. The van der Waals surface area contributed by atoms with Crippen LogP contribution in [0.5, 0.6) is 0 Å². The molecule has 0 aliphatic rings. The van der Waals surface area contributed by atoms with Crippen LogP contribution in [0.15, 0.2) is 85.1 Å². The lowest BCUT2D eigenvalue weighted by atomic mass is 9.96. The van der Waals surface area contributed by atoms with E-state index in [1.807, 2.05) is 85.1 Å². The number of Topliss-reactive ketones (excluding diaryl/α,β-unsaturated/α-hetero) is 1. The molecule has 0 fully saturated rings. The van der Waals surface area contributed by atoms with E-state index in [2.05, 4.69) is 17.2 Å². The summed E-state index contributed by atoms with van der Waals surface area (Å²) in [6.45, 7) is 2.05. The molecule has 1 unspecified atom stereocenters. The summed E-state index contributed by atoms with van der Waals surface area (Å²) in [5.41, 5.74) is 4.79. The Labute approximate surface area is 152 Å². The zero-order chi connectivity index (χ0) is 17.9. The molecule has 0 saturated heterocycles. The molecule has 0 aliphatic heterocycles. The molecule has 128 valence electrons. The van der Waals surface area contributed by atoms with Gasteiger partial charge in [0.15, 0.2) is 5.78 Å². The number of para-hydroxylation sites is 1. The van der Waals surface area contributed by atoms with Crippen molar-refractivity contribution in [3.8, 4) is 0 Å². The van der Waals surface area contributed by atoms with Crippen molar-refractivity contribution < 1.29 is 4.79 Å². The molecule has 1 aromatic heterocycles. The molecular weight excluding hydrogens is 320 g/mol. The Kier molecular flexibility index (Phi) is 4.28. The molecule has 26 heavy (non-hydrogen) atoms. The summed E-state index contributed by atoms with van der Waals surface area (Å²) in [5, 5.41) is 4.49. The van der Waals surface area contributed by atoms with Gasteiger partial charge >= 0.3 is 0 Å². The third-order valence-electron chi connectivity index (χ3n) is 4.62. The quantitative estimate of drug-likeness (QED) is 0.470. The molecule has 4 rings (SSSR count). The number of carbonyl (C=O) groups excluding carboxylic acids is 1. The predicted octanol–water partition coefficient (Wildman–Crippen LogP) is 5.51. The van der Waals surface area contributed by atoms with Crippen LogP contribution in [0.3, 0.4) is 0 Å². The summed E-state index contributed by atoms with van der Waals surface area (Å²) in [5.74, 6) is 0.0518. The first kappa shape index (κ1) is 16.2. The van der Waals surface area contributed by atoms with Crippen LogP contribution in [-0.4, -0.2) is 10.8 Å². The van der Waals surface area contributed by atoms with Crippen molar-refractivity contribution in [2.24, 2.45) is 0 Å². The number of anilines is 1. The molecule has 4 aromatic rings. The highest BCUT2D eigenvalue weighted by Crippen LogP contribution is 2.29. The second-order valence-electron chi connectivity index (χ2n) is 6.46. The highest BCUT2D eigenvalue weighted by atomic mass is 16.1. The van der Waals surface area contributed by atoms with Crippen molar-refractivity contribution in [1.82, 2.24) is 4.98 Å². The first-order chi connectivity index (χ1) is 12.7. The Bertz CT molecular complexity index is 1030. The topological polar surface area (TPSA) is 44.9 Å².